The maximum atomic E-state index is 11.7. The average Bonchev–Trinajstić information content (AvgIpc) is 2.57. The lowest BCUT2D eigenvalue weighted by molar-refractivity contribution is -0.124. The Kier molecular flexibility index (Phi) is 7.51. The quantitative estimate of drug-likeness (QED) is 0.502. The van der Waals surface area contributed by atoms with Crippen LogP contribution >= 0.6 is 0 Å². The van der Waals surface area contributed by atoms with Crippen molar-refractivity contribution in [2.45, 2.75) is 51.9 Å². The summed E-state index contributed by atoms with van der Waals surface area (Å²) >= 11 is 0. The van der Waals surface area contributed by atoms with Crippen LogP contribution in [0.4, 0.5) is 11.4 Å². The summed E-state index contributed by atoms with van der Waals surface area (Å²) in [5.74, 6) is -1.00. The van der Waals surface area contributed by atoms with Gasteiger partial charge < -0.3 is 16.0 Å². The third kappa shape index (κ3) is 6.25. The van der Waals surface area contributed by atoms with Crippen LogP contribution in [-0.2, 0) is 9.59 Å². The van der Waals surface area contributed by atoms with E-state index >= 15 is 0 Å². The minimum Gasteiger partial charge on any atom is -0.369 e. The van der Waals surface area contributed by atoms with Crippen LogP contribution in [0.1, 0.15) is 57.4 Å². The molecule has 5 nitrogen and oxygen atoms in total. The second-order valence-electron chi connectivity index (χ2n) is 6.58. The number of nitrogens with one attached hydrogen (secondary N) is 1. The Labute approximate surface area is 150 Å². The van der Waals surface area contributed by atoms with E-state index < -0.39 is 5.91 Å². The second kappa shape index (κ2) is 9.87. The summed E-state index contributed by atoms with van der Waals surface area (Å²) in [4.78, 5) is 24.8. The lowest BCUT2D eigenvalue weighted by Gasteiger charge is -2.28. The zero-order valence-electron chi connectivity index (χ0n) is 15.1. The molecule has 2 rings (SSSR count). The monoisotopic (exact) mass is 343 g/mol. The molecule has 0 atom stereocenters. The van der Waals surface area contributed by atoms with E-state index in [2.05, 4.69) is 29.3 Å². The minimum absolute atomic E-state index is 0.295. The van der Waals surface area contributed by atoms with Gasteiger partial charge in [0.2, 0.25) is 11.8 Å². The molecule has 0 spiro atoms. The van der Waals surface area contributed by atoms with Crippen molar-refractivity contribution >= 4 is 29.3 Å². The largest absolute Gasteiger partial charge is 0.369 e. The van der Waals surface area contributed by atoms with E-state index in [0.29, 0.717) is 5.69 Å². The summed E-state index contributed by atoms with van der Waals surface area (Å²) in [6.45, 7) is 4.22. The molecule has 0 radical (unpaired) electrons. The zero-order valence-corrected chi connectivity index (χ0v) is 15.1. The number of hydrogen-bond donors (Lipinski definition) is 2. The first-order chi connectivity index (χ1) is 12.1. The highest BCUT2D eigenvalue weighted by molar-refractivity contribution is 6.03. The molecule has 0 aliphatic carbocycles. The number of amides is 2. The highest BCUT2D eigenvalue weighted by Gasteiger charge is 2.14. The molecule has 1 aromatic rings. The number of fused-ring (bicyclic) bond motifs is 1. The van der Waals surface area contributed by atoms with Gasteiger partial charge in [0.15, 0.2) is 0 Å². The van der Waals surface area contributed by atoms with Gasteiger partial charge in [-0.25, -0.2) is 0 Å². The molecule has 25 heavy (non-hydrogen) atoms. The summed E-state index contributed by atoms with van der Waals surface area (Å²) in [5.41, 5.74) is 8.02. The van der Waals surface area contributed by atoms with Crippen LogP contribution in [0.2, 0.25) is 0 Å². The van der Waals surface area contributed by atoms with Crippen LogP contribution in [0.3, 0.4) is 0 Å². The van der Waals surface area contributed by atoms with E-state index in [9.17, 15) is 9.59 Å². The summed E-state index contributed by atoms with van der Waals surface area (Å²) < 4.78 is 0. The van der Waals surface area contributed by atoms with Gasteiger partial charge >= 0.3 is 0 Å². The first-order valence-corrected chi connectivity index (χ1v) is 9.24. The van der Waals surface area contributed by atoms with Crippen molar-refractivity contribution in [3.8, 4) is 0 Å². The second-order valence-corrected chi connectivity index (χ2v) is 6.58. The maximum Gasteiger partial charge on any atom is 0.233 e. The lowest BCUT2D eigenvalue weighted by atomic mass is 10.1. The Morgan fingerprint density at radius 1 is 1.16 bits per heavy atom. The van der Waals surface area contributed by atoms with Crippen LogP contribution in [0.15, 0.2) is 24.3 Å². The molecule has 1 aliphatic heterocycles. The topological polar surface area (TPSA) is 75.4 Å². The molecule has 0 bridgehead atoms. The van der Waals surface area contributed by atoms with Crippen molar-refractivity contribution in [3.05, 3.63) is 29.8 Å². The average molecular weight is 343 g/mol. The molecule has 5 heteroatoms. The fourth-order valence-electron chi connectivity index (χ4n) is 3.12. The van der Waals surface area contributed by atoms with Gasteiger partial charge in [0.25, 0.3) is 0 Å². The van der Waals surface area contributed by atoms with Crippen LogP contribution in [0, 0.1) is 0 Å². The van der Waals surface area contributed by atoms with Crippen molar-refractivity contribution in [1.29, 1.82) is 0 Å². The van der Waals surface area contributed by atoms with E-state index in [4.69, 9.17) is 5.73 Å². The normalized spacial score (nSPS) is 12.8. The van der Waals surface area contributed by atoms with Crippen molar-refractivity contribution in [2.24, 2.45) is 5.73 Å². The fourth-order valence-corrected chi connectivity index (χ4v) is 3.12. The van der Waals surface area contributed by atoms with Crippen molar-refractivity contribution in [1.82, 2.24) is 0 Å². The van der Waals surface area contributed by atoms with Crippen molar-refractivity contribution in [2.75, 3.05) is 23.3 Å². The lowest BCUT2D eigenvalue weighted by Crippen LogP contribution is -2.27. The van der Waals surface area contributed by atoms with Gasteiger partial charge in [-0.2, -0.15) is 0 Å². The Hall–Kier alpha value is -2.30. The molecule has 0 saturated heterocycles. The van der Waals surface area contributed by atoms with E-state index in [1.807, 2.05) is 18.2 Å². The van der Waals surface area contributed by atoms with Gasteiger partial charge in [0.05, 0.1) is 0 Å². The molecule has 2 amide bonds. The number of nitrogens with two attached hydrogens (primary N) is 1. The third-order valence-corrected chi connectivity index (χ3v) is 4.39. The smallest absolute Gasteiger partial charge is 0.233 e. The molecule has 0 saturated carbocycles. The number of carbonyl (C=O) groups is 2. The molecule has 0 fully saturated rings. The number of unbranched alkanes of at least 4 members (excludes halogenated alkanes) is 5. The van der Waals surface area contributed by atoms with Gasteiger partial charge in [-0.3, -0.25) is 9.59 Å². The predicted molar refractivity (Wildman–Crippen MR) is 104 cm³/mol. The number of hydrogen-bond acceptors (Lipinski definition) is 3. The zero-order chi connectivity index (χ0) is 18.1. The molecule has 0 aromatic heterocycles. The maximum absolute atomic E-state index is 11.7. The number of anilines is 2. The van der Waals surface area contributed by atoms with E-state index in [1.54, 1.807) is 0 Å². The minimum atomic E-state index is -0.625. The fraction of sp³-hybridized carbons (Fsp3) is 0.500. The van der Waals surface area contributed by atoms with Crippen molar-refractivity contribution < 1.29 is 9.59 Å². The first-order valence-electron chi connectivity index (χ1n) is 9.24. The molecule has 1 aromatic carbocycles. The van der Waals surface area contributed by atoms with Crippen LogP contribution in [0.25, 0.3) is 6.08 Å². The van der Waals surface area contributed by atoms with Gasteiger partial charge in [-0.05, 0) is 30.2 Å². The van der Waals surface area contributed by atoms with Crippen molar-refractivity contribution in [3.63, 3.8) is 0 Å². The SMILES string of the molecule is CCCCCCCCN1CC=Cc2cc(NC(=O)CC(N)=O)ccc21. The summed E-state index contributed by atoms with van der Waals surface area (Å²) in [7, 11) is 0. The molecular formula is C20H29N3O2. The molecule has 1 aliphatic rings. The first kappa shape index (κ1) is 19.0. The van der Waals surface area contributed by atoms with Gasteiger partial charge in [-0.1, -0.05) is 51.2 Å². The van der Waals surface area contributed by atoms with Crippen LogP contribution < -0.4 is 16.0 Å². The summed E-state index contributed by atoms with van der Waals surface area (Å²) in [6, 6.07) is 5.86. The number of benzene rings is 1. The third-order valence-electron chi connectivity index (χ3n) is 4.39. The number of rotatable bonds is 10. The van der Waals surface area contributed by atoms with E-state index in [0.717, 1.165) is 18.7 Å². The highest BCUT2D eigenvalue weighted by Crippen LogP contribution is 2.29. The van der Waals surface area contributed by atoms with Crippen LogP contribution in [-0.4, -0.2) is 24.9 Å². The van der Waals surface area contributed by atoms with E-state index in [-0.39, 0.29) is 12.3 Å². The summed E-state index contributed by atoms with van der Waals surface area (Å²) in [6.07, 6.45) is 11.7. The molecule has 3 N–H and O–H groups in total. The van der Waals surface area contributed by atoms with Gasteiger partial charge in [0.1, 0.15) is 6.42 Å². The molecular weight excluding hydrogens is 314 g/mol. The molecule has 0 unspecified atom stereocenters. The Bertz CT molecular complexity index is 625. The van der Waals surface area contributed by atoms with Gasteiger partial charge in [-0.15, -0.1) is 0 Å². The number of carbonyl (C=O) groups excluding carboxylic acids is 2. The molecule has 1 heterocycles. The predicted octanol–water partition coefficient (Wildman–Crippen LogP) is 3.69. The Balaban J connectivity index is 1.89. The molecule has 136 valence electrons. The Morgan fingerprint density at radius 2 is 1.92 bits per heavy atom. The van der Waals surface area contributed by atoms with Gasteiger partial charge in [0, 0.05) is 24.5 Å². The standard InChI is InChI=1S/C20H29N3O2/c1-2-3-4-5-6-7-12-23-13-8-9-16-14-17(10-11-18(16)23)22-20(25)15-19(21)24/h8-11,14H,2-7,12-13,15H2,1H3,(H2,21,24)(H,22,25). The number of nitrogens with zero attached hydrogens (tertiary/aromatic N) is 1. The Morgan fingerprint density at radius 3 is 2.68 bits per heavy atom. The number of primary amides is 1. The highest BCUT2D eigenvalue weighted by atomic mass is 16.2. The van der Waals surface area contributed by atoms with Crippen LogP contribution in [0.5, 0.6) is 0 Å². The summed E-state index contributed by atoms with van der Waals surface area (Å²) in [5, 5.41) is 2.72. The van der Waals surface area contributed by atoms with E-state index in [1.165, 1.54) is 44.2 Å².